The van der Waals surface area contributed by atoms with E-state index in [9.17, 15) is 39.6 Å². The highest BCUT2D eigenvalue weighted by Crippen LogP contribution is 2.61. The van der Waals surface area contributed by atoms with Gasteiger partial charge in [0.1, 0.15) is 30.2 Å². The van der Waals surface area contributed by atoms with E-state index >= 15 is 0 Å². The van der Waals surface area contributed by atoms with Crippen molar-refractivity contribution < 1.29 is 81.6 Å². The second kappa shape index (κ2) is 25.7. The number of aryl methyl sites for hydroxylation is 2. The predicted octanol–water partition coefficient (Wildman–Crippen LogP) is 5.13. The highest BCUT2D eigenvalue weighted by molar-refractivity contribution is 6.35. The van der Waals surface area contributed by atoms with Gasteiger partial charge in [0, 0.05) is 110 Å². The number of carboxylic acids is 1. The molecule has 90 heavy (non-hydrogen) atoms. The number of nitrogens with zero attached hydrogens (tertiary/aromatic N) is 6. The zero-order valence-electron chi connectivity index (χ0n) is 52.6. The van der Waals surface area contributed by atoms with Crippen molar-refractivity contribution in [1.29, 1.82) is 10.5 Å². The zero-order chi connectivity index (χ0) is 65.1. The third-order valence-corrected chi connectivity index (χ3v) is 18.7. The quantitative estimate of drug-likeness (QED) is 0.0418. The number of carboxylic acid groups (broad SMARTS) is 1. The molecule has 4 aromatic rings. The van der Waals surface area contributed by atoms with Crippen LogP contribution in [0.15, 0.2) is 24.8 Å². The summed E-state index contributed by atoms with van der Waals surface area (Å²) in [5.41, 5.74) is 17.1. The van der Waals surface area contributed by atoms with Gasteiger partial charge < -0.3 is 68.6 Å². The fraction of sp³-hybridized carbons (Fsp3) is 0.492. The van der Waals surface area contributed by atoms with Gasteiger partial charge in [0.25, 0.3) is 5.91 Å². The molecule has 10 atom stereocenters. The largest absolute Gasteiger partial charge is 0.504 e. The Morgan fingerprint density at radius 1 is 0.678 bits per heavy atom. The number of aromatic hydroxyl groups is 1. The normalized spacial score (nSPS) is 24.3. The third kappa shape index (κ3) is 10.6. The number of aliphatic carboxylic acids is 1. The summed E-state index contributed by atoms with van der Waals surface area (Å²) in [6, 6.07) is 6.15. The van der Waals surface area contributed by atoms with E-state index in [1.807, 2.05) is 33.9 Å². The number of benzene rings is 4. The number of phenolic OH excluding ortho intramolecular Hbond substituents is 1. The number of esters is 1. The van der Waals surface area contributed by atoms with Crippen LogP contribution in [-0.2, 0) is 54.4 Å². The number of carbonyl (C=O) groups excluding carboxylic acids is 4. The summed E-state index contributed by atoms with van der Waals surface area (Å²) in [4.78, 5) is 64.6. The Balaban J connectivity index is 0.000000182. The highest BCUT2D eigenvalue weighted by atomic mass is 16.7. The van der Waals surface area contributed by atoms with Crippen LogP contribution in [0.1, 0.15) is 112 Å². The van der Waals surface area contributed by atoms with Gasteiger partial charge in [-0.05, 0) is 89.7 Å². The number of phenols is 1. The van der Waals surface area contributed by atoms with Crippen LogP contribution in [0.2, 0.25) is 0 Å². The summed E-state index contributed by atoms with van der Waals surface area (Å²) < 4.78 is 59.0. The van der Waals surface area contributed by atoms with Gasteiger partial charge in [0.2, 0.25) is 25.2 Å². The van der Waals surface area contributed by atoms with Crippen molar-refractivity contribution in [2.24, 2.45) is 5.73 Å². The standard InChI is InChI=1S/C31H34N4O8.C31H38N4O6.C3H4O3/c1-13-7-17-8-19-21(10-32)35-20(25(34(19)5)23(17)26(38)27(13)40-6)9-18-24(22(35)11-33-31(39)15(3)36)30-29(41-12-42-30)14(2)28(18)43-16(4)37;1-7-8-38-28-17(3)29-31(41-15-40-29)25-19(28)11-21-26-24-18(9-16(2)27(37-6)30(24)39-14-36-5)10-20(34(26)4)22(12-32)35(21)23(25)13-33;1-2(4)3(5)6/h7,19-22,25,38H,8-9,11-12H2,1-6H3,(H,33,39);7,9,20-23,26H,1,8,10-11,13-15,33H2,2-6H3;1H3,(H,5,6)/t19-,20?,21?,22-,25-;20-,21?,22?,23-,26-;/m00./s1. The highest BCUT2D eigenvalue weighted by Gasteiger charge is 2.59. The average Bonchev–Trinajstić information content (AvgIpc) is 0.802. The van der Waals surface area contributed by atoms with E-state index in [1.165, 1.54) is 26.5 Å². The Hall–Kier alpha value is -8.69. The molecule has 25 nitrogen and oxygen atoms in total. The summed E-state index contributed by atoms with van der Waals surface area (Å²) >= 11 is 0. The van der Waals surface area contributed by atoms with Crippen molar-refractivity contribution >= 4 is 29.4 Å². The van der Waals surface area contributed by atoms with Crippen LogP contribution in [0.4, 0.5) is 0 Å². The first kappa shape index (κ1) is 64.3. The molecule has 0 aliphatic carbocycles. The number of likely N-dealkylation sites (N-methyl/N-ethyl adjacent to an activating group) is 2. The number of nitriles is 2. The van der Waals surface area contributed by atoms with Crippen molar-refractivity contribution in [3.63, 3.8) is 0 Å². The molecule has 0 radical (unpaired) electrons. The van der Waals surface area contributed by atoms with Gasteiger partial charge in [-0.3, -0.25) is 38.8 Å². The number of hydrogen-bond acceptors (Lipinski definition) is 23. The molecule has 5 N–H and O–H groups in total. The first-order valence-electron chi connectivity index (χ1n) is 29.6. The Kier molecular flexibility index (Phi) is 18.3. The molecule has 25 heteroatoms. The number of piperazine rings is 2. The lowest BCUT2D eigenvalue weighted by molar-refractivity contribution is -0.148. The van der Waals surface area contributed by atoms with Crippen LogP contribution < -0.4 is 53.7 Å². The molecule has 0 spiro atoms. The number of Topliss-reactive ketones (excluding diaryl/α,β-unsaturated/α-hetero) is 2. The topological polar surface area (TPSA) is 317 Å². The second-order valence-corrected chi connectivity index (χ2v) is 23.6. The number of hydrogen-bond donors (Lipinski definition) is 4. The van der Waals surface area contributed by atoms with Crippen molar-refractivity contribution in [3.05, 3.63) is 91.5 Å². The lowest BCUT2D eigenvalue weighted by Gasteiger charge is -2.60. The van der Waals surface area contributed by atoms with Crippen LogP contribution >= 0.6 is 0 Å². The molecule has 2 saturated heterocycles. The minimum Gasteiger partial charge on any atom is -0.504 e. The van der Waals surface area contributed by atoms with E-state index in [0.29, 0.717) is 107 Å². The summed E-state index contributed by atoms with van der Waals surface area (Å²) in [5.74, 6) is 1.12. The van der Waals surface area contributed by atoms with E-state index < -0.39 is 53.6 Å². The number of nitrogens with one attached hydrogen (secondary N) is 1. The summed E-state index contributed by atoms with van der Waals surface area (Å²) in [6.07, 6.45) is 3.89. The maximum absolute atomic E-state index is 12.5. The van der Waals surface area contributed by atoms with Gasteiger partial charge >= 0.3 is 11.9 Å². The number of carbonyl (C=O) groups is 5. The number of ketones is 2. The number of methoxy groups -OCH3 is 3. The molecule has 4 bridgehead atoms. The van der Waals surface area contributed by atoms with E-state index in [-0.39, 0.29) is 68.9 Å². The van der Waals surface area contributed by atoms with Gasteiger partial charge in [0.15, 0.2) is 52.8 Å². The average molecular weight is 1240 g/mol. The Morgan fingerprint density at radius 3 is 1.66 bits per heavy atom. The van der Waals surface area contributed by atoms with E-state index in [0.717, 1.165) is 51.6 Å². The molecule has 1 amide bonds. The molecule has 4 aromatic carbocycles. The number of nitrogens with two attached hydrogens (primary N) is 1. The van der Waals surface area contributed by atoms with Crippen molar-refractivity contribution in [2.45, 2.75) is 135 Å². The maximum atomic E-state index is 12.5. The predicted molar refractivity (Wildman–Crippen MR) is 321 cm³/mol. The van der Waals surface area contributed by atoms with Crippen LogP contribution in [-0.4, -0.2) is 171 Å². The van der Waals surface area contributed by atoms with Crippen LogP contribution in [0.3, 0.4) is 0 Å². The monoisotopic (exact) mass is 1240 g/mol. The number of amides is 1. The van der Waals surface area contributed by atoms with Gasteiger partial charge in [-0.2, -0.15) is 10.5 Å². The van der Waals surface area contributed by atoms with Crippen LogP contribution in [0.25, 0.3) is 0 Å². The molecule has 8 aliphatic rings. The summed E-state index contributed by atoms with van der Waals surface area (Å²) in [6.45, 7) is 15.9. The minimum absolute atomic E-state index is 0.0162. The molecule has 0 aromatic heterocycles. The van der Waals surface area contributed by atoms with E-state index in [1.54, 1.807) is 27.2 Å². The summed E-state index contributed by atoms with van der Waals surface area (Å²) in [5, 5.41) is 43.3. The van der Waals surface area contributed by atoms with Gasteiger partial charge in [-0.15, -0.1) is 0 Å². The van der Waals surface area contributed by atoms with Crippen LogP contribution in [0, 0.1) is 50.4 Å². The molecule has 4 unspecified atom stereocenters. The van der Waals surface area contributed by atoms with Gasteiger partial charge in [-0.1, -0.05) is 24.8 Å². The first-order chi connectivity index (χ1) is 43.0. The van der Waals surface area contributed by atoms with Gasteiger partial charge in [-0.25, -0.2) is 4.79 Å². The zero-order valence-corrected chi connectivity index (χ0v) is 52.6. The second-order valence-electron chi connectivity index (χ2n) is 23.6. The SMILES string of the molecule is C=CCOc1c(C)c2c(c3c1CC1[C@H]4c5c(cc(C)c(OC)c5OCOC)C[C@@H](C(C#N)N1[C@H]3CN)N4C)OCO2.CC(=O)C(=O)O.COc1c(C)cc2c(c1O)[C@@H]1C3Cc4c(OC(C)=O)c(C)c5c(c4[C@H](CNC(=O)C(C)=O)N3C(C#N)[C@H](C2)N1C)OCO5. The smallest absolute Gasteiger partial charge is 0.371 e. The molecule has 8 aliphatic heterocycles. The molecule has 8 heterocycles. The fourth-order valence-electron chi connectivity index (χ4n) is 15.3. The number of fused-ring (bicyclic) bond motifs is 18. The Labute approximate surface area is 521 Å². The number of ether oxygens (including phenoxy) is 10. The van der Waals surface area contributed by atoms with E-state index in [2.05, 4.69) is 56.7 Å². The van der Waals surface area contributed by atoms with Crippen molar-refractivity contribution in [2.75, 3.05) is 75.5 Å². The fourth-order valence-corrected chi connectivity index (χ4v) is 15.3. The lowest BCUT2D eigenvalue weighted by Crippen LogP contribution is -2.68. The molecule has 478 valence electrons. The number of rotatable bonds is 14. The molecule has 2 fully saturated rings. The first-order valence-corrected chi connectivity index (χ1v) is 29.6. The van der Waals surface area contributed by atoms with E-state index in [4.69, 9.17) is 58.2 Å². The van der Waals surface area contributed by atoms with Crippen molar-refractivity contribution in [3.8, 4) is 69.6 Å². The molecular formula is C65H76N8O17. The minimum atomic E-state index is -1.38. The molecular weight excluding hydrogens is 1160 g/mol. The van der Waals surface area contributed by atoms with Crippen LogP contribution in [0.5, 0.6) is 57.5 Å². The van der Waals surface area contributed by atoms with Gasteiger partial charge in [0.05, 0.1) is 50.5 Å². The summed E-state index contributed by atoms with van der Waals surface area (Å²) in [7, 11) is 8.85. The molecule has 0 saturated carbocycles. The third-order valence-electron chi connectivity index (χ3n) is 18.7. The Morgan fingerprint density at radius 2 is 1.17 bits per heavy atom. The maximum Gasteiger partial charge on any atom is 0.371 e. The van der Waals surface area contributed by atoms with Crippen molar-refractivity contribution in [1.82, 2.24) is 24.9 Å². The molecule has 12 rings (SSSR count). The Bertz CT molecular complexity index is 3700. The lowest BCUT2D eigenvalue weighted by atomic mass is 9.71.